The summed E-state index contributed by atoms with van der Waals surface area (Å²) in [6.45, 7) is 1.85. The second-order valence-corrected chi connectivity index (χ2v) is 9.01. The van der Waals surface area contributed by atoms with Crippen LogP contribution in [0.5, 0.6) is 0 Å². The molecule has 0 saturated heterocycles. The molecule has 4 nitrogen and oxygen atoms in total. The summed E-state index contributed by atoms with van der Waals surface area (Å²) in [5, 5.41) is 9.57. The van der Waals surface area contributed by atoms with E-state index in [0.29, 0.717) is 21.7 Å². The topological polar surface area (TPSA) is 59.3 Å². The number of aromatic nitrogens is 1. The number of benzene rings is 2. The second-order valence-electron chi connectivity index (χ2n) is 8.61. The van der Waals surface area contributed by atoms with Crippen LogP contribution in [0.25, 0.3) is 11.1 Å². The Balaban J connectivity index is 1.72. The van der Waals surface area contributed by atoms with Crippen LogP contribution >= 0.6 is 11.6 Å². The number of fused-ring (bicyclic) bond motifs is 2. The number of carbonyl (C=O) groups is 2. The van der Waals surface area contributed by atoms with Crippen LogP contribution in [-0.4, -0.2) is 21.6 Å². The first-order chi connectivity index (χ1) is 14.8. The molecule has 1 spiro atoms. The van der Waals surface area contributed by atoms with Gasteiger partial charge in [-0.15, -0.1) is 0 Å². The number of halogens is 2. The van der Waals surface area contributed by atoms with Gasteiger partial charge in [-0.25, -0.2) is 9.18 Å². The van der Waals surface area contributed by atoms with E-state index in [9.17, 15) is 14.7 Å². The minimum absolute atomic E-state index is 0.0120. The zero-order chi connectivity index (χ0) is 21.9. The molecule has 0 atom stereocenters. The predicted molar refractivity (Wildman–Crippen MR) is 117 cm³/mol. The minimum Gasteiger partial charge on any atom is -0.478 e. The molecule has 0 amide bonds. The summed E-state index contributed by atoms with van der Waals surface area (Å²) < 4.78 is 16.7. The smallest absolute Gasteiger partial charge is 0.335 e. The Hall–Kier alpha value is -2.92. The number of nitrogens with zero attached hydrogens (tertiary/aromatic N) is 1. The van der Waals surface area contributed by atoms with E-state index in [-0.39, 0.29) is 16.9 Å². The van der Waals surface area contributed by atoms with Gasteiger partial charge in [0.25, 0.3) is 5.91 Å². The molecule has 0 unspecified atom stereocenters. The summed E-state index contributed by atoms with van der Waals surface area (Å²) in [5.41, 5.74) is 4.10. The van der Waals surface area contributed by atoms with E-state index in [4.69, 9.17) is 11.6 Å². The normalized spacial score (nSPS) is 16.2. The average Bonchev–Trinajstić information content (AvgIpc) is 3.37. The highest BCUT2D eigenvalue weighted by atomic mass is 35.5. The fraction of sp³-hybridized carbons (Fsp3) is 0.280. The lowest BCUT2D eigenvalue weighted by molar-refractivity contribution is 0.0696. The molecular formula is C25H21ClFNO3. The van der Waals surface area contributed by atoms with Crippen LogP contribution in [0.1, 0.15) is 63.2 Å². The molecule has 1 heterocycles. The van der Waals surface area contributed by atoms with E-state index in [0.717, 1.165) is 55.0 Å². The van der Waals surface area contributed by atoms with Crippen molar-refractivity contribution in [2.24, 2.45) is 0 Å². The Morgan fingerprint density at radius 3 is 2.55 bits per heavy atom. The Bertz CT molecular complexity index is 1240. The molecule has 31 heavy (non-hydrogen) atoms. The Morgan fingerprint density at radius 1 is 1.13 bits per heavy atom. The molecule has 6 heteroatoms. The second kappa shape index (κ2) is 7.06. The molecular weight excluding hydrogens is 417 g/mol. The molecule has 0 radical (unpaired) electrons. The molecule has 1 aromatic heterocycles. The zero-order valence-electron chi connectivity index (χ0n) is 17.0. The highest BCUT2D eigenvalue weighted by Gasteiger charge is 2.50. The van der Waals surface area contributed by atoms with Crippen molar-refractivity contribution in [1.82, 2.24) is 4.57 Å². The standard InChI is InChI=1S/C25H21ClFNO3/c1-14-4-2-5-18(26)21(14)23(29)28-13-17(16-8-7-15(24(30)31)12-19(16)27)22-20(28)6-3-9-25(22)10-11-25/h2,4-5,7-8,12-13H,3,6,9-11H2,1H3,(H,30,31). The predicted octanol–water partition coefficient (Wildman–Crippen LogP) is 6.01. The van der Waals surface area contributed by atoms with E-state index in [2.05, 4.69) is 0 Å². The first-order valence-electron chi connectivity index (χ1n) is 10.4. The van der Waals surface area contributed by atoms with Gasteiger partial charge in [-0.05, 0) is 73.8 Å². The molecule has 158 valence electrons. The molecule has 1 N–H and O–H groups in total. The van der Waals surface area contributed by atoms with Crippen LogP contribution in [0.3, 0.4) is 0 Å². The Kier molecular flexibility index (Phi) is 4.56. The lowest BCUT2D eigenvalue weighted by atomic mass is 9.80. The van der Waals surface area contributed by atoms with Crippen molar-refractivity contribution in [3.8, 4) is 11.1 Å². The van der Waals surface area contributed by atoms with Gasteiger partial charge in [0.15, 0.2) is 0 Å². The number of aromatic carboxylic acids is 1. The van der Waals surface area contributed by atoms with E-state index >= 15 is 4.39 Å². The van der Waals surface area contributed by atoms with E-state index in [1.807, 2.05) is 19.1 Å². The van der Waals surface area contributed by atoms with Crippen molar-refractivity contribution in [3.63, 3.8) is 0 Å². The van der Waals surface area contributed by atoms with Crippen LogP contribution in [-0.2, 0) is 11.8 Å². The van der Waals surface area contributed by atoms with E-state index in [1.165, 1.54) is 12.1 Å². The van der Waals surface area contributed by atoms with Gasteiger partial charge in [0.2, 0.25) is 0 Å². The molecule has 1 saturated carbocycles. The van der Waals surface area contributed by atoms with Crippen molar-refractivity contribution in [2.75, 3.05) is 0 Å². The molecule has 0 bridgehead atoms. The van der Waals surface area contributed by atoms with Crippen LogP contribution < -0.4 is 0 Å². The Morgan fingerprint density at radius 2 is 1.90 bits per heavy atom. The van der Waals surface area contributed by atoms with Gasteiger partial charge in [-0.2, -0.15) is 0 Å². The maximum absolute atomic E-state index is 15.0. The van der Waals surface area contributed by atoms with Gasteiger partial charge in [-0.3, -0.25) is 9.36 Å². The number of rotatable bonds is 3. The van der Waals surface area contributed by atoms with Gasteiger partial charge in [-0.1, -0.05) is 29.8 Å². The molecule has 1 fully saturated rings. The number of hydrogen-bond donors (Lipinski definition) is 1. The van der Waals surface area contributed by atoms with Gasteiger partial charge in [0, 0.05) is 23.0 Å². The summed E-state index contributed by atoms with van der Waals surface area (Å²) in [6.07, 6.45) is 6.49. The number of carboxylic acid groups (broad SMARTS) is 1. The van der Waals surface area contributed by atoms with Crippen molar-refractivity contribution < 1.29 is 19.1 Å². The highest BCUT2D eigenvalue weighted by molar-refractivity contribution is 6.34. The zero-order valence-corrected chi connectivity index (χ0v) is 17.8. The molecule has 2 aliphatic rings. The fourth-order valence-electron chi connectivity index (χ4n) is 5.03. The number of carbonyl (C=O) groups excluding carboxylic acids is 1. The quantitative estimate of drug-likeness (QED) is 0.545. The van der Waals surface area contributed by atoms with Crippen molar-refractivity contribution in [3.05, 3.63) is 81.4 Å². The summed E-state index contributed by atoms with van der Waals surface area (Å²) in [5.74, 6) is -1.98. The van der Waals surface area contributed by atoms with Crippen molar-refractivity contribution in [1.29, 1.82) is 0 Å². The Labute approximate surface area is 184 Å². The number of hydrogen-bond acceptors (Lipinski definition) is 2. The van der Waals surface area contributed by atoms with Crippen molar-refractivity contribution >= 4 is 23.5 Å². The van der Waals surface area contributed by atoms with E-state index in [1.54, 1.807) is 16.8 Å². The van der Waals surface area contributed by atoms with Crippen LogP contribution in [0, 0.1) is 12.7 Å². The maximum atomic E-state index is 15.0. The maximum Gasteiger partial charge on any atom is 0.335 e. The van der Waals surface area contributed by atoms with Gasteiger partial charge >= 0.3 is 5.97 Å². The highest BCUT2D eigenvalue weighted by Crippen LogP contribution is 2.58. The summed E-state index contributed by atoms with van der Waals surface area (Å²) >= 11 is 6.37. The minimum atomic E-state index is -1.17. The molecule has 2 aromatic carbocycles. The first kappa shape index (κ1) is 20.0. The summed E-state index contributed by atoms with van der Waals surface area (Å²) in [7, 11) is 0. The van der Waals surface area contributed by atoms with E-state index < -0.39 is 11.8 Å². The van der Waals surface area contributed by atoms with Gasteiger partial charge in [0.05, 0.1) is 16.1 Å². The third-order valence-corrected chi connectivity index (χ3v) is 7.04. The van der Waals surface area contributed by atoms with Crippen molar-refractivity contribution in [2.45, 2.75) is 44.4 Å². The number of aryl methyl sites for hydroxylation is 1. The van der Waals surface area contributed by atoms with Gasteiger partial charge < -0.3 is 5.11 Å². The van der Waals surface area contributed by atoms with Gasteiger partial charge in [0.1, 0.15) is 5.82 Å². The third kappa shape index (κ3) is 3.10. The number of carboxylic acids is 1. The van der Waals surface area contributed by atoms with Crippen LogP contribution in [0.2, 0.25) is 5.02 Å². The molecule has 5 rings (SSSR count). The molecule has 0 aliphatic heterocycles. The largest absolute Gasteiger partial charge is 0.478 e. The lowest BCUT2D eigenvalue weighted by Crippen LogP contribution is -2.21. The lowest BCUT2D eigenvalue weighted by Gasteiger charge is -2.25. The summed E-state index contributed by atoms with van der Waals surface area (Å²) in [6, 6.07) is 9.32. The molecule has 3 aromatic rings. The SMILES string of the molecule is Cc1cccc(Cl)c1C(=O)n1cc(-c2ccc(C(=O)O)cc2F)c2c1CCCC21CC1. The first-order valence-corrected chi connectivity index (χ1v) is 10.8. The monoisotopic (exact) mass is 437 g/mol. The fourth-order valence-corrected chi connectivity index (χ4v) is 5.33. The summed E-state index contributed by atoms with van der Waals surface area (Å²) in [4.78, 5) is 24.8. The van der Waals surface area contributed by atoms with Crippen LogP contribution in [0.15, 0.2) is 42.6 Å². The third-order valence-electron chi connectivity index (χ3n) is 6.72. The average molecular weight is 438 g/mol. The van der Waals surface area contributed by atoms with Crippen LogP contribution in [0.4, 0.5) is 4.39 Å². The molecule has 2 aliphatic carbocycles.